The Bertz CT molecular complexity index is 1400. The molecule has 2 aromatic heterocycles. The van der Waals surface area contributed by atoms with Gasteiger partial charge < -0.3 is 30.2 Å². The molecule has 5 rings (SSSR count). The van der Waals surface area contributed by atoms with E-state index in [0.717, 1.165) is 56.0 Å². The van der Waals surface area contributed by atoms with Crippen LogP contribution >= 0.6 is 11.6 Å². The highest BCUT2D eigenvalue weighted by molar-refractivity contribution is 6.32. The Hall–Kier alpha value is -3.84. The second-order valence-corrected chi connectivity index (χ2v) is 11.6. The number of hydrogen-bond acceptors (Lipinski definition) is 11. The quantitative estimate of drug-likeness (QED) is 0.237. The Balaban J connectivity index is 0.000000606. The van der Waals surface area contributed by atoms with Gasteiger partial charge in [0.2, 0.25) is 0 Å². The molecule has 1 aromatic carbocycles. The largest absolute Gasteiger partial charge is 0.488 e. The number of nitrogens with two attached hydrogens (primary N) is 1. The molecule has 46 heavy (non-hydrogen) atoms. The summed E-state index contributed by atoms with van der Waals surface area (Å²) in [6.07, 6.45) is 14.5. The van der Waals surface area contributed by atoms with Crippen molar-refractivity contribution in [1.82, 2.24) is 24.6 Å². The zero-order valence-electron chi connectivity index (χ0n) is 26.9. The summed E-state index contributed by atoms with van der Waals surface area (Å²) in [5.41, 5.74) is 8.05. The Labute approximate surface area is 276 Å². The van der Waals surface area contributed by atoms with Gasteiger partial charge in [-0.15, -0.1) is 5.10 Å². The summed E-state index contributed by atoms with van der Waals surface area (Å²) in [6.45, 7) is 10.4. The molecule has 0 spiro atoms. The first-order valence-corrected chi connectivity index (χ1v) is 16.1. The van der Waals surface area contributed by atoms with Crippen molar-refractivity contribution in [3.8, 4) is 11.6 Å². The number of benzene rings is 1. The monoisotopic (exact) mass is 651 g/mol. The molecule has 0 unspecified atom stereocenters. The SMILES string of the molecule is C=N/C=C(\C=N/CNc1cn(C2CCCCC2)nc1OCc1ncccn1)c1ccc(Cl)c(O[C@@H](C)CN)c1.CN1CCOCC1. The van der Waals surface area contributed by atoms with E-state index in [0.29, 0.717) is 41.7 Å². The van der Waals surface area contributed by atoms with Crippen molar-refractivity contribution in [2.45, 2.75) is 57.8 Å². The lowest BCUT2D eigenvalue weighted by atomic mass is 9.96. The number of aliphatic imine (C=N–C) groups is 2. The lowest BCUT2D eigenvalue weighted by Crippen LogP contribution is -2.32. The van der Waals surface area contributed by atoms with Crippen molar-refractivity contribution in [2.24, 2.45) is 15.7 Å². The van der Waals surface area contributed by atoms with Crippen LogP contribution in [0.5, 0.6) is 11.6 Å². The third kappa shape index (κ3) is 11.2. The second kappa shape index (κ2) is 19.0. The highest BCUT2D eigenvalue weighted by Gasteiger charge is 2.20. The van der Waals surface area contributed by atoms with Crippen LogP contribution in [0.1, 0.15) is 56.5 Å². The minimum atomic E-state index is -0.167. The van der Waals surface area contributed by atoms with Crippen LogP contribution in [0.15, 0.2) is 59.0 Å². The zero-order valence-corrected chi connectivity index (χ0v) is 27.6. The van der Waals surface area contributed by atoms with E-state index in [1.54, 1.807) is 36.9 Å². The van der Waals surface area contributed by atoms with Gasteiger partial charge in [-0.25, -0.2) is 9.97 Å². The molecule has 1 atom stereocenters. The maximum Gasteiger partial charge on any atom is 0.257 e. The molecular weight excluding hydrogens is 606 g/mol. The first kappa shape index (κ1) is 35.0. The van der Waals surface area contributed by atoms with Crippen LogP contribution in [-0.2, 0) is 11.3 Å². The van der Waals surface area contributed by atoms with Crippen molar-refractivity contribution in [1.29, 1.82) is 0 Å². The summed E-state index contributed by atoms with van der Waals surface area (Å²) in [4.78, 5) is 19.2. The van der Waals surface area contributed by atoms with Crippen molar-refractivity contribution < 1.29 is 14.2 Å². The number of allylic oxidation sites excluding steroid dienone is 1. The third-order valence-corrected chi connectivity index (χ3v) is 7.90. The van der Waals surface area contributed by atoms with Crippen LogP contribution in [0, 0.1) is 0 Å². The molecule has 2 fully saturated rings. The van der Waals surface area contributed by atoms with Gasteiger partial charge >= 0.3 is 0 Å². The third-order valence-electron chi connectivity index (χ3n) is 7.58. The number of halogens is 1. The topological polar surface area (TPSA) is 137 Å². The van der Waals surface area contributed by atoms with E-state index in [4.69, 9.17) is 36.6 Å². The fourth-order valence-electron chi connectivity index (χ4n) is 4.92. The van der Waals surface area contributed by atoms with E-state index in [1.807, 2.05) is 29.9 Å². The molecule has 12 nitrogen and oxygen atoms in total. The molecule has 1 aliphatic heterocycles. The number of hydrogen-bond donors (Lipinski definition) is 2. The fraction of sp³-hybridized carbons (Fsp3) is 0.485. The number of ether oxygens (including phenoxy) is 3. The van der Waals surface area contributed by atoms with Crippen LogP contribution < -0.4 is 20.5 Å². The van der Waals surface area contributed by atoms with E-state index < -0.39 is 0 Å². The van der Waals surface area contributed by atoms with Gasteiger partial charge in [0.25, 0.3) is 5.88 Å². The van der Waals surface area contributed by atoms with Gasteiger partial charge in [0.05, 0.1) is 30.5 Å². The number of aromatic nitrogens is 4. The van der Waals surface area contributed by atoms with Gasteiger partial charge in [-0.2, -0.15) is 0 Å². The Kier molecular flexibility index (Phi) is 14.4. The van der Waals surface area contributed by atoms with Gasteiger partial charge in [0.1, 0.15) is 30.8 Å². The van der Waals surface area contributed by atoms with Crippen LogP contribution in [-0.4, -0.2) is 90.2 Å². The number of nitrogens with zero attached hydrogens (tertiary/aromatic N) is 7. The summed E-state index contributed by atoms with van der Waals surface area (Å²) in [6, 6.07) is 7.64. The highest BCUT2D eigenvalue weighted by Crippen LogP contribution is 2.32. The zero-order chi connectivity index (χ0) is 32.6. The van der Waals surface area contributed by atoms with E-state index in [-0.39, 0.29) is 12.7 Å². The summed E-state index contributed by atoms with van der Waals surface area (Å²) in [7, 11) is 2.11. The molecule has 2 aliphatic rings. The molecule has 3 heterocycles. The average Bonchev–Trinajstić information content (AvgIpc) is 3.50. The molecule has 1 saturated carbocycles. The molecule has 13 heteroatoms. The summed E-state index contributed by atoms with van der Waals surface area (Å²) >= 11 is 6.32. The van der Waals surface area contributed by atoms with Gasteiger partial charge in [0, 0.05) is 50.0 Å². The van der Waals surface area contributed by atoms with Gasteiger partial charge in [0.15, 0.2) is 5.82 Å². The first-order valence-electron chi connectivity index (χ1n) is 15.8. The fourth-order valence-corrected chi connectivity index (χ4v) is 5.08. The molecule has 1 saturated heterocycles. The smallest absolute Gasteiger partial charge is 0.257 e. The molecule has 0 amide bonds. The molecule has 0 radical (unpaired) electrons. The Morgan fingerprint density at radius 1 is 1.22 bits per heavy atom. The average molecular weight is 652 g/mol. The lowest BCUT2D eigenvalue weighted by Gasteiger charge is -2.21. The van der Waals surface area contributed by atoms with E-state index in [2.05, 4.69) is 43.9 Å². The molecule has 0 bridgehead atoms. The standard InChI is InChI=1S/C28H35ClN8O2.C5H11NO/c1-20(14-30)39-26-13-21(9-10-24(26)29)22(15-31-2)16-32-19-35-25-17-37(23-7-4-3-5-8-23)36-28(25)38-18-27-33-11-6-12-34-27;1-6-2-4-7-5-3-6/h6,9-13,15-17,20,23,35H,2-5,7-8,14,18-19,30H2,1H3;2-5H2,1H3/b22-15+,32-16-;/t20-;/m0./s1. The van der Waals surface area contributed by atoms with Crippen LogP contribution in [0.2, 0.25) is 5.02 Å². The minimum absolute atomic E-state index is 0.167. The molecular formula is C33H46ClN9O3. The van der Waals surface area contributed by atoms with Gasteiger partial charge in [-0.1, -0.05) is 36.9 Å². The van der Waals surface area contributed by atoms with Crippen molar-refractivity contribution in [3.05, 3.63) is 65.5 Å². The normalized spacial score (nSPS) is 16.8. The number of nitrogens with one attached hydrogen (secondary N) is 1. The number of morpholine rings is 1. The van der Waals surface area contributed by atoms with Crippen LogP contribution in [0.4, 0.5) is 5.69 Å². The van der Waals surface area contributed by atoms with E-state index in [1.165, 1.54) is 19.3 Å². The van der Waals surface area contributed by atoms with E-state index >= 15 is 0 Å². The lowest BCUT2D eigenvalue weighted by molar-refractivity contribution is 0.0503. The molecule has 248 valence electrons. The Morgan fingerprint density at radius 3 is 2.65 bits per heavy atom. The minimum Gasteiger partial charge on any atom is -0.488 e. The first-order chi connectivity index (χ1) is 22.5. The predicted octanol–water partition coefficient (Wildman–Crippen LogP) is 5.27. The highest BCUT2D eigenvalue weighted by atomic mass is 35.5. The number of anilines is 1. The summed E-state index contributed by atoms with van der Waals surface area (Å²) in [5.74, 6) is 1.64. The summed E-state index contributed by atoms with van der Waals surface area (Å²) < 4.78 is 19.0. The van der Waals surface area contributed by atoms with Crippen molar-refractivity contribution >= 4 is 35.8 Å². The molecule has 3 N–H and O–H groups in total. The van der Waals surface area contributed by atoms with Crippen molar-refractivity contribution in [3.63, 3.8) is 0 Å². The Morgan fingerprint density at radius 2 is 1.98 bits per heavy atom. The molecule has 3 aromatic rings. The number of likely N-dealkylation sites (N-methyl/N-ethyl adjacent to an activating group) is 1. The van der Waals surface area contributed by atoms with E-state index in [9.17, 15) is 0 Å². The number of rotatable bonds is 13. The van der Waals surface area contributed by atoms with Crippen LogP contribution in [0.3, 0.4) is 0 Å². The molecule has 1 aliphatic carbocycles. The second-order valence-electron chi connectivity index (χ2n) is 11.2. The predicted molar refractivity (Wildman–Crippen MR) is 184 cm³/mol. The summed E-state index contributed by atoms with van der Waals surface area (Å²) in [5, 5.41) is 8.58. The maximum absolute atomic E-state index is 6.32. The van der Waals surface area contributed by atoms with Crippen molar-refractivity contribution in [2.75, 3.05) is 51.9 Å². The maximum atomic E-state index is 6.32. The van der Waals surface area contributed by atoms with Crippen LogP contribution in [0.25, 0.3) is 5.57 Å². The van der Waals surface area contributed by atoms with Gasteiger partial charge in [-0.3, -0.25) is 14.7 Å². The van der Waals surface area contributed by atoms with Gasteiger partial charge in [-0.05, 0) is 57.3 Å².